The summed E-state index contributed by atoms with van der Waals surface area (Å²) in [6, 6.07) is 16.9. The van der Waals surface area contributed by atoms with E-state index in [1.54, 1.807) is 19.1 Å². The van der Waals surface area contributed by atoms with Crippen LogP contribution in [0.5, 0.6) is 0 Å². The van der Waals surface area contributed by atoms with E-state index >= 15 is 0 Å². The van der Waals surface area contributed by atoms with E-state index in [0.717, 1.165) is 5.56 Å². The minimum absolute atomic E-state index is 0.0966. The zero-order valence-electron chi connectivity index (χ0n) is 10.9. The van der Waals surface area contributed by atoms with Crippen LogP contribution in [0.4, 0.5) is 0 Å². The van der Waals surface area contributed by atoms with Gasteiger partial charge in [-0.3, -0.25) is 0 Å². The van der Waals surface area contributed by atoms with Crippen LogP contribution in [0.2, 0.25) is 0 Å². The first kappa shape index (κ1) is 14.3. The summed E-state index contributed by atoms with van der Waals surface area (Å²) >= 11 is 0. The Kier molecular flexibility index (Phi) is 4.18. The van der Waals surface area contributed by atoms with Crippen molar-refractivity contribution in [2.24, 2.45) is 0 Å². The van der Waals surface area contributed by atoms with Crippen LogP contribution in [-0.4, -0.2) is 8.42 Å². The summed E-state index contributed by atoms with van der Waals surface area (Å²) in [7, 11) is -3.64. The summed E-state index contributed by atoms with van der Waals surface area (Å²) in [6.07, 6.45) is 0. The summed E-state index contributed by atoms with van der Waals surface area (Å²) in [5.74, 6) is 0. The number of benzene rings is 2. The Bertz CT molecular complexity index is 734. The lowest BCUT2D eigenvalue weighted by atomic mass is 10.1. The predicted octanol–water partition coefficient (Wildman–Crippen LogP) is 2.60. The molecule has 0 saturated carbocycles. The Morgan fingerprint density at radius 3 is 2.45 bits per heavy atom. The van der Waals surface area contributed by atoms with Crippen molar-refractivity contribution >= 4 is 10.0 Å². The standard InChI is InChI=1S/C15H14N2O2S/c1-12(14-7-3-2-4-8-14)17-20(18,19)15-9-5-6-13(10-15)11-16/h2-10,12,17H,1H3/t12-/m0/s1. The zero-order valence-corrected chi connectivity index (χ0v) is 11.8. The lowest BCUT2D eigenvalue weighted by Gasteiger charge is -2.14. The van der Waals surface area contributed by atoms with Gasteiger partial charge in [-0.15, -0.1) is 0 Å². The molecule has 0 aliphatic carbocycles. The van der Waals surface area contributed by atoms with Crippen molar-refractivity contribution in [2.75, 3.05) is 0 Å². The summed E-state index contributed by atoms with van der Waals surface area (Å²) in [5.41, 5.74) is 1.20. The Hall–Kier alpha value is -2.16. The molecule has 102 valence electrons. The maximum atomic E-state index is 12.3. The number of hydrogen-bond donors (Lipinski definition) is 1. The molecule has 2 aromatic carbocycles. The summed E-state index contributed by atoms with van der Waals surface area (Å²) < 4.78 is 27.1. The van der Waals surface area contributed by atoms with Crippen LogP contribution in [0.3, 0.4) is 0 Å². The molecule has 20 heavy (non-hydrogen) atoms. The molecule has 0 unspecified atom stereocenters. The predicted molar refractivity (Wildman–Crippen MR) is 76.3 cm³/mol. The molecule has 0 heterocycles. The van der Waals surface area contributed by atoms with Gasteiger partial charge in [-0.2, -0.15) is 5.26 Å². The van der Waals surface area contributed by atoms with Crippen LogP contribution >= 0.6 is 0 Å². The molecule has 2 aromatic rings. The van der Waals surface area contributed by atoms with Gasteiger partial charge in [-0.05, 0) is 30.7 Å². The normalized spacial score (nSPS) is 12.6. The van der Waals surface area contributed by atoms with Crippen LogP contribution in [0.25, 0.3) is 0 Å². The molecular weight excluding hydrogens is 272 g/mol. The van der Waals surface area contributed by atoms with E-state index in [9.17, 15) is 8.42 Å². The van der Waals surface area contributed by atoms with Crippen LogP contribution in [0.15, 0.2) is 59.5 Å². The smallest absolute Gasteiger partial charge is 0.207 e. The minimum Gasteiger partial charge on any atom is -0.207 e. The molecule has 4 nitrogen and oxygen atoms in total. The maximum absolute atomic E-state index is 12.3. The van der Waals surface area contributed by atoms with Crippen molar-refractivity contribution in [3.63, 3.8) is 0 Å². The molecule has 0 bridgehead atoms. The van der Waals surface area contributed by atoms with Crippen LogP contribution in [0.1, 0.15) is 24.1 Å². The number of hydrogen-bond acceptors (Lipinski definition) is 3. The molecule has 0 amide bonds. The monoisotopic (exact) mass is 286 g/mol. The number of nitrogens with zero attached hydrogens (tertiary/aromatic N) is 1. The molecule has 0 saturated heterocycles. The van der Waals surface area contributed by atoms with E-state index in [1.165, 1.54) is 12.1 Å². The fraction of sp³-hybridized carbons (Fsp3) is 0.133. The maximum Gasteiger partial charge on any atom is 0.241 e. The van der Waals surface area contributed by atoms with E-state index in [1.807, 2.05) is 36.4 Å². The quantitative estimate of drug-likeness (QED) is 0.939. The van der Waals surface area contributed by atoms with Gasteiger partial charge in [-0.25, -0.2) is 13.1 Å². The number of nitriles is 1. The van der Waals surface area contributed by atoms with Gasteiger partial charge in [0.15, 0.2) is 0 Å². The lowest BCUT2D eigenvalue weighted by Crippen LogP contribution is -2.26. The van der Waals surface area contributed by atoms with Crippen molar-refractivity contribution in [3.05, 3.63) is 65.7 Å². The average molecular weight is 286 g/mol. The van der Waals surface area contributed by atoms with Crippen molar-refractivity contribution in [3.8, 4) is 6.07 Å². The molecule has 0 fully saturated rings. The van der Waals surface area contributed by atoms with E-state index in [0.29, 0.717) is 5.56 Å². The molecule has 0 aromatic heterocycles. The minimum atomic E-state index is -3.64. The molecular formula is C15H14N2O2S. The van der Waals surface area contributed by atoms with Gasteiger partial charge in [-0.1, -0.05) is 36.4 Å². The van der Waals surface area contributed by atoms with E-state index in [-0.39, 0.29) is 10.9 Å². The molecule has 5 heteroatoms. The average Bonchev–Trinajstić information content (AvgIpc) is 2.48. The molecule has 0 aliphatic rings. The van der Waals surface area contributed by atoms with Gasteiger partial charge in [0.2, 0.25) is 10.0 Å². The highest BCUT2D eigenvalue weighted by atomic mass is 32.2. The highest BCUT2D eigenvalue weighted by Crippen LogP contribution is 2.17. The SMILES string of the molecule is C[C@H](NS(=O)(=O)c1cccc(C#N)c1)c1ccccc1. The molecule has 0 radical (unpaired) electrons. The van der Waals surface area contributed by atoms with E-state index < -0.39 is 10.0 Å². The molecule has 2 rings (SSSR count). The first-order valence-corrected chi connectivity index (χ1v) is 7.59. The van der Waals surface area contributed by atoms with Gasteiger partial charge < -0.3 is 0 Å². The van der Waals surface area contributed by atoms with Crippen LogP contribution < -0.4 is 4.72 Å². The molecule has 1 atom stereocenters. The Morgan fingerprint density at radius 2 is 1.80 bits per heavy atom. The Balaban J connectivity index is 2.25. The molecule has 0 aliphatic heterocycles. The highest BCUT2D eigenvalue weighted by Gasteiger charge is 2.18. The second-order valence-corrected chi connectivity index (χ2v) is 6.11. The van der Waals surface area contributed by atoms with Crippen molar-refractivity contribution < 1.29 is 8.42 Å². The van der Waals surface area contributed by atoms with E-state index in [2.05, 4.69) is 4.72 Å². The van der Waals surface area contributed by atoms with E-state index in [4.69, 9.17) is 5.26 Å². The van der Waals surface area contributed by atoms with Crippen LogP contribution in [-0.2, 0) is 10.0 Å². The first-order chi connectivity index (χ1) is 9.53. The number of rotatable bonds is 4. The fourth-order valence-corrected chi connectivity index (χ4v) is 3.12. The van der Waals surface area contributed by atoms with Gasteiger partial charge in [0.1, 0.15) is 0 Å². The fourth-order valence-electron chi connectivity index (χ4n) is 1.84. The highest BCUT2D eigenvalue weighted by molar-refractivity contribution is 7.89. The number of sulfonamides is 1. The van der Waals surface area contributed by atoms with Crippen molar-refractivity contribution in [1.29, 1.82) is 5.26 Å². The third-order valence-electron chi connectivity index (χ3n) is 2.90. The largest absolute Gasteiger partial charge is 0.241 e. The lowest BCUT2D eigenvalue weighted by molar-refractivity contribution is 0.567. The summed E-state index contributed by atoms with van der Waals surface area (Å²) in [6.45, 7) is 1.78. The Labute approximate surface area is 118 Å². The van der Waals surface area contributed by atoms with Gasteiger partial charge in [0.05, 0.1) is 16.5 Å². The van der Waals surface area contributed by atoms with Crippen molar-refractivity contribution in [2.45, 2.75) is 17.9 Å². The van der Waals surface area contributed by atoms with Gasteiger partial charge >= 0.3 is 0 Å². The van der Waals surface area contributed by atoms with Gasteiger partial charge in [0.25, 0.3) is 0 Å². The van der Waals surface area contributed by atoms with Crippen molar-refractivity contribution in [1.82, 2.24) is 4.72 Å². The third-order valence-corrected chi connectivity index (χ3v) is 4.44. The topological polar surface area (TPSA) is 70.0 Å². The summed E-state index contributed by atoms with van der Waals surface area (Å²) in [4.78, 5) is 0.0966. The van der Waals surface area contributed by atoms with Crippen LogP contribution in [0, 0.1) is 11.3 Å². The second-order valence-electron chi connectivity index (χ2n) is 4.39. The van der Waals surface area contributed by atoms with Gasteiger partial charge in [0, 0.05) is 6.04 Å². The third kappa shape index (κ3) is 3.23. The second kappa shape index (κ2) is 5.87. The first-order valence-electron chi connectivity index (χ1n) is 6.10. The molecule has 0 spiro atoms. The molecule has 1 N–H and O–H groups in total. The Morgan fingerprint density at radius 1 is 1.10 bits per heavy atom. The summed E-state index contributed by atoms with van der Waals surface area (Å²) in [5, 5.41) is 8.82. The zero-order chi connectivity index (χ0) is 14.6. The number of nitrogens with one attached hydrogen (secondary N) is 1.